The van der Waals surface area contributed by atoms with Gasteiger partial charge in [-0.1, -0.05) is 25.7 Å². The minimum Gasteiger partial charge on any atom is -0.312 e. The molecule has 3 aliphatic rings. The van der Waals surface area contributed by atoms with Gasteiger partial charge in [0.05, 0.1) is 0 Å². The number of nitrogens with zero attached hydrogens (tertiary/aromatic N) is 1. The van der Waals surface area contributed by atoms with E-state index in [1.54, 1.807) is 0 Å². The molecule has 0 aromatic carbocycles. The van der Waals surface area contributed by atoms with Crippen LogP contribution in [0.4, 0.5) is 0 Å². The Labute approximate surface area is 106 Å². The monoisotopic (exact) mass is 236 g/mol. The van der Waals surface area contributed by atoms with Crippen molar-refractivity contribution in [2.45, 2.75) is 69.9 Å². The van der Waals surface area contributed by atoms with E-state index >= 15 is 0 Å². The molecule has 3 fully saturated rings. The van der Waals surface area contributed by atoms with Crippen molar-refractivity contribution in [1.29, 1.82) is 0 Å². The fourth-order valence-electron chi connectivity index (χ4n) is 4.19. The van der Waals surface area contributed by atoms with E-state index in [2.05, 4.69) is 10.2 Å². The van der Waals surface area contributed by atoms with Gasteiger partial charge in [0.15, 0.2) is 0 Å². The van der Waals surface area contributed by atoms with Crippen LogP contribution in [0, 0.1) is 5.92 Å². The molecule has 3 rings (SSSR count). The van der Waals surface area contributed by atoms with Crippen LogP contribution in [0.1, 0.15) is 57.8 Å². The first-order chi connectivity index (χ1) is 8.43. The van der Waals surface area contributed by atoms with Crippen LogP contribution in [0.15, 0.2) is 0 Å². The molecule has 2 saturated heterocycles. The third-order valence-electron chi connectivity index (χ3n) is 5.25. The summed E-state index contributed by atoms with van der Waals surface area (Å²) in [7, 11) is 0. The van der Waals surface area contributed by atoms with Crippen molar-refractivity contribution in [3.63, 3.8) is 0 Å². The molecule has 1 N–H and O–H groups in total. The van der Waals surface area contributed by atoms with Gasteiger partial charge in [0.1, 0.15) is 0 Å². The van der Waals surface area contributed by atoms with Crippen LogP contribution in [0.25, 0.3) is 0 Å². The van der Waals surface area contributed by atoms with E-state index in [1.165, 1.54) is 77.4 Å². The fourth-order valence-corrected chi connectivity index (χ4v) is 4.19. The van der Waals surface area contributed by atoms with Crippen molar-refractivity contribution < 1.29 is 0 Å². The largest absolute Gasteiger partial charge is 0.312 e. The Hall–Kier alpha value is -0.0800. The number of piperidine rings is 1. The highest BCUT2D eigenvalue weighted by atomic mass is 15.2. The van der Waals surface area contributed by atoms with Gasteiger partial charge in [-0.3, -0.25) is 4.90 Å². The normalized spacial score (nSPS) is 36.0. The molecule has 2 heteroatoms. The molecule has 2 unspecified atom stereocenters. The number of hydrogen-bond acceptors (Lipinski definition) is 2. The maximum absolute atomic E-state index is 3.91. The van der Waals surface area contributed by atoms with Crippen LogP contribution in [0.3, 0.4) is 0 Å². The van der Waals surface area contributed by atoms with E-state index in [1.807, 2.05) is 0 Å². The van der Waals surface area contributed by atoms with Crippen molar-refractivity contribution in [2.75, 3.05) is 19.6 Å². The smallest absolute Gasteiger partial charge is 0.0249 e. The van der Waals surface area contributed by atoms with Crippen LogP contribution in [0.2, 0.25) is 0 Å². The first kappa shape index (κ1) is 12.0. The molecule has 0 aromatic heterocycles. The number of rotatable bonds is 3. The van der Waals surface area contributed by atoms with E-state index in [9.17, 15) is 0 Å². The highest BCUT2D eigenvalue weighted by molar-refractivity contribution is 4.94. The zero-order valence-electron chi connectivity index (χ0n) is 11.2. The molecular weight excluding hydrogens is 208 g/mol. The fraction of sp³-hybridized carbons (Fsp3) is 1.00. The molecule has 2 heterocycles. The summed E-state index contributed by atoms with van der Waals surface area (Å²) in [4.78, 5) is 2.74. The van der Waals surface area contributed by atoms with Crippen LogP contribution >= 0.6 is 0 Å². The molecule has 0 amide bonds. The Balaban J connectivity index is 1.45. The number of hydrogen-bond donors (Lipinski definition) is 1. The van der Waals surface area contributed by atoms with E-state index in [4.69, 9.17) is 0 Å². The van der Waals surface area contributed by atoms with Gasteiger partial charge in [-0.25, -0.2) is 0 Å². The predicted molar refractivity (Wildman–Crippen MR) is 72.2 cm³/mol. The molecule has 1 aliphatic carbocycles. The summed E-state index contributed by atoms with van der Waals surface area (Å²) in [5, 5.41) is 3.91. The summed E-state index contributed by atoms with van der Waals surface area (Å²) in [6.07, 6.45) is 13.1. The lowest BCUT2D eigenvalue weighted by molar-refractivity contribution is 0.177. The van der Waals surface area contributed by atoms with Gasteiger partial charge >= 0.3 is 0 Å². The highest BCUT2D eigenvalue weighted by Gasteiger charge is 2.35. The summed E-state index contributed by atoms with van der Waals surface area (Å²) >= 11 is 0. The van der Waals surface area contributed by atoms with E-state index in [-0.39, 0.29) is 0 Å². The Kier molecular flexibility index (Phi) is 4.02. The minimum absolute atomic E-state index is 0.817. The standard InChI is InChI=1S/C15H28N2/c1-2-6-13(7-3-1)12-16-14-9-11-17-10-5-4-8-15(14)17/h13-16H,1-12H2. The maximum Gasteiger partial charge on any atom is 0.0249 e. The van der Waals surface area contributed by atoms with Gasteiger partial charge in [-0.2, -0.15) is 0 Å². The molecule has 17 heavy (non-hydrogen) atoms. The van der Waals surface area contributed by atoms with Gasteiger partial charge in [0.25, 0.3) is 0 Å². The van der Waals surface area contributed by atoms with Crippen molar-refractivity contribution >= 4 is 0 Å². The maximum atomic E-state index is 3.91. The number of fused-ring (bicyclic) bond motifs is 1. The first-order valence-electron chi connectivity index (χ1n) is 7.91. The summed E-state index contributed by atoms with van der Waals surface area (Å²) in [6.45, 7) is 4.02. The lowest BCUT2D eigenvalue weighted by Crippen LogP contribution is -2.46. The molecular formula is C15H28N2. The second-order valence-corrected chi connectivity index (χ2v) is 6.41. The molecule has 1 saturated carbocycles. The van der Waals surface area contributed by atoms with E-state index < -0.39 is 0 Å². The van der Waals surface area contributed by atoms with E-state index in [0.717, 1.165) is 18.0 Å². The summed E-state index contributed by atoms with van der Waals surface area (Å²) in [5.74, 6) is 0.987. The molecule has 2 aliphatic heterocycles. The summed E-state index contributed by atoms with van der Waals surface area (Å²) < 4.78 is 0. The van der Waals surface area contributed by atoms with Crippen molar-refractivity contribution in [1.82, 2.24) is 10.2 Å². The molecule has 2 atom stereocenters. The van der Waals surface area contributed by atoms with Gasteiger partial charge in [-0.05, 0) is 51.1 Å². The molecule has 98 valence electrons. The highest BCUT2D eigenvalue weighted by Crippen LogP contribution is 2.28. The topological polar surface area (TPSA) is 15.3 Å². The zero-order valence-corrected chi connectivity index (χ0v) is 11.2. The molecule has 0 aromatic rings. The SMILES string of the molecule is C1CCC(CNC2CCN3CCCCC23)CC1. The zero-order chi connectivity index (χ0) is 11.5. The quantitative estimate of drug-likeness (QED) is 0.810. The van der Waals surface area contributed by atoms with Crippen LogP contribution in [-0.2, 0) is 0 Å². The summed E-state index contributed by atoms with van der Waals surface area (Å²) in [5.41, 5.74) is 0. The van der Waals surface area contributed by atoms with Crippen molar-refractivity contribution in [3.05, 3.63) is 0 Å². The third kappa shape index (κ3) is 2.85. The third-order valence-corrected chi connectivity index (χ3v) is 5.25. The predicted octanol–water partition coefficient (Wildman–Crippen LogP) is 2.78. The Bertz CT molecular complexity index is 235. The van der Waals surface area contributed by atoms with Gasteiger partial charge in [0, 0.05) is 18.6 Å². The Morgan fingerprint density at radius 1 is 0.824 bits per heavy atom. The van der Waals surface area contributed by atoms with E-state index in [0.29, 0.717) is 0 Å². The van der Waals surface area contributed by atoms with Gasteiger partial charge in [0.2, 0.25) is 0 Å². The van der Waals surface area contributed by atoms with Crippen molar-refractivity contribution in [2.24, 2.45) is 5.92 Å². The van der Waals surface area contributed by atoms with Crippen molar-refractivity contribution in [3.8, 4) is 0 Å². The average Bonchev–Trinajstić information content (AvgIpc) is 2.81. The Morgan fingerprint density at radius 3 is 2.53 bits per heavy atom. The second-order valence-electron chi connectivity index (χ2n) is 6.41. The Morgan fingerprint density at radius 2 is 1.65 bits per heavy atom. The molecule has 0 radical (unpaired) electrons. The lowest BCUT2D eigenvalue weighted by atomic mass is 9.89. The minimum atomic E-state index is 0.817. The average molecular weight is 236 g/mol. The van der Waals surface area contributed by atoms with Crippen LogP contribution < -0.4 is 5.32 Å². The molecule has 0 spiro atoms. The summed E-state index contributed by atoms with van der Waals surface area (Å²) in [6, 6.07) is 1.70. The molecule has 2 nitrogen and oxygen atoms in total. The molecule has 0 bridgehead atoms. The number of nitrogens with one attached hydrogen (secondary N) is 1. The first-order valence-corrected chi connectivity index (χ1v) is 7.91. The van der Waals surface area contributed by atoms with Gasteiger partial charge in [-0.15, -0.1) is 0 Å². The lowest BCUT2D eigenvalue weighted by Gasteiger charge is -2.33. The van der Waals surface area contributed by atoms with Crippen LogP contribution in [-0.4, -0.2) is 36.6 Å². The second kappa shape index (κ2) is 5.71. The van der Waals surface area contributed by atoms with Gasteiger partial charge < -0.3 is 5.32 Å². The van der Waals surface area contributed by atoms with Crippen LogP contribution in [0.5, 0.6) is 0 Å².